The maximum Gasteiger partial charge on any atom is 0.225 e. The number of carbonyl (C=O) groups is 1. The van der Waals surface area contributed by atoms with Crippen molar-refractivity contribution < 1.29 is 9.53 Å². The zero-order valence-electron chi connectivity index (χ0n) is 13.9. The van der Waals surface area contributed by atoms with Crippen molar-refractivity contribution in [1.29, 1.82) is 0 Å². The molecule has 3 rings (SSSR count). The molecule has 0 atom stereocenters. The number of ether oxygens (including phenoxy) is 1. The van der Waals surface area contributed by atoms with Crippen molar-refractivity contribution in [3.05, 3.63) is 52.8 Å². The molecule has 1 saturated heterocycles. The second kappa shape index (κ2) is 6.16. The monoisotopic (exact) mass is 313 g/mol. The second-order valence-corrected chi connectivity index (χ2v) is 6.13. The minimum Gasteiger partial charge on any atom is -0.376 e. The third-order valence-corrected chi connectivity index (χ3v) is 4.57. The van der Waals surface area contributed by atoms with Crippen LogP contribution in [0.5, 0.6) is 0 Å². The Labute approximate surface area is 136 Å². The summed E-state index contributed by atoms with van der Waals surface area (Å²) in [6, 6.07) is 10.0. The Bertz CT molecular complexity index is 703. The van der Waals surface area contributed by atoms with Gasteiger partial charge in [-0.3, -0.25) is 9.48 Å². The number of aromatic nitrogens is 2. The van der Waals surface area contributed by atoms with E-state index in [0.29, 0.717) is 19.6 Å². The van der Waals surface area contributed by atoms with Crippen molar-refractivity contribution >= 4 is 5.91 Å². The van der Waals surface area contributed by atoms with Gasteiger partial charge < -0.3 is 10.1 Å². The fourth-order valence-corrected chi connectivity index (χ4v) is 3.14. The van der Waals surface area contributed by atoms with Crippen LogP contribution in [0.3, 0.4) is 0 Å². The summed E-state index contributed by atoms with van der Waals surface area (Å²) < 4.78 is 7.32. The summed E-state index contributed by atoms with van der Waals surface area (Å²) in [4.78, 5) is 12.6. The van der Waals surface area contributed by atoms with Gasteiger partial charge in [-0.25, -0.2) is 0 Å². The Morgan fingerprint density at radius 1 is 1.30 bits per heavy atom. The lowest BCUT2D eigenvalue weighted by Gasteiger charge is -2.42. The molecule has 23 heavy (non-hydrogen) atoms. The molecule has 1 fully saturated rings. The summed E-state index contributed by atoms with van der Waals surface area (Å²) in [6.45, 7) is 7.89. The topological polar surface area (TPSA) is 56.2 Å². The molecule has 1 N–H and O–H groups in total. The maximum atomic E-state index is 12.6. The molecule has 1 aromatic carbocycles. The molecule has 0 saturated carbocycles. The Morgan fingerprint density at radius 2 is 2.00 bits per heavy atom. The minimum atomic E-state index is -0.388. The van der Waals surface area contributed by atoms with Gasteiger partial charge >= 0.3 is 0 Å². The third-order valence-electron chi connectivity index (χ3n) is 4.57. The standard InChI is InChI=1S/C18H23N3O2/c1-4-21-14(3)16(13(2)20-21)10-17(22)19-18(11-23-12-18)15-8-6-5-7-9-15/h5-9H,4,10-12H2,1-3H3,(H,19,22). The highest BCUT2D eigenvalue weighted by Crippen LogP contribution is 2.29. The van der Waals surface area contributed by atoms with Crippen LogP contribution in [-0.2, 0) is 28.0 Å². The van der Waals surface area contributed by atoms with E-state index < -0.39 is 0 Å². The van der Waals surface area contributed by atoms with Crippen LogP contribution in [0.15, 0.2) is 30.3 Å². The molecule has 2 heterocycles. The number of benzene rings is 1. The van der Waals surface area contributed by atoms with Gasteiger partial charge in [0.1, 0.15) is 5.54 Å². The van der Waals surface area contributed by atoms with Gasteiger partial charge in [-0.05, 0) is 26.3 Å². The van der Waals surface area contributed by atoms with Gasteiger partial charge in [0.2, 0.25) is 5.91 Å². The molecule has 2 aromatic rings. The summed E-state index contributed by atoms with van der Waals surface area (Å²) in [5.74, 6) is 0.0130. The van der Waals surface area contributed by atoms with E-state index in [2.05, 4.69) is 17.3 Å². The van der Waals surface area contributed by atoms with E-state index >= 15 is 0 Å². The van der Waals surface area contributed by atoms with Crippen LogP contribution in [0.25, 0.3) is 0 Å². The molecule has 5 nitrogen and oxygen atoms in total. The molecule has 1 aliphatic rings. The summed E-state index contributed by atoms with van der Waals surface area (Å²) in [5, 5.41) is 7.66. The highest BCUT2D eigenvalue weighted by atomic mass is 16.5. The molecule has 5 heteroatoms. The minimum absolute atomic E-state index is 0.0130. The van der Waals surface area contributed by atoms with Gasteiger partial charge in [-0.1, -0.05) is 30.3 Å². The average Bonchev–Trinajstić information content (AvgIpc) is 2.79. The molecule has 1 amide bonds. The maximum absolute atomic E-state index is 12.6. The fourth-order valence-electron chi connectivity index (χ4n) is 3.14. The molecule has 1 aromatic heterocycles. The van der Waals surface area contributed by atoms with E-state index in [1.54, 1.807) is 0 Å². The number of amides is 1. The number of hydrogen-bond donors (Lipinski definition) is 1. The largest absolute Gasteiger partial charge is 0.376 e. The van der Waals surface area contributed by atoms with Gasteiger partial charge in [0.05, 0.1) is 25.3 Å². The third kappa shape index (κ3) is 2.88. The van der Waals surface area contributed by atoms with Gasteiger partial charge in [-0.15, -0.1) is 0 Å². The van der Waals surface area contributed by atoms with Crippen molar-refractivity contribution in [3.8, 4) is 0 Å². The number of carbonyl (C=O) groups excluding carboxylic acids is 1. The average molecular weight is 313 g/mol. The number of nitrogens with one attached hydrogen (secondary N) is 1. The van der Waals surface area contributed by atoms with Crippen LogP contribution >= 0.6 is 0 Å². The Hall–Kier alpha value is -2.14. The van der Waals surface area contributed by atoms with Crippen LogP contribution in [-0.4, -0.2) is 28.9 Å². The smallest absolute Gasteiger partial charge is 0.225 e. The summed E-state index contributed by atoms with van der Waals surface area (Å²) in [6.07, 6.45) is 0.353. The van der Waals surface area contributed by atoms with Crippen LogP contribution in [0.2, 0.25) is 0 Å². The molecule has 0 radical (unpaired) electrons. The van der Waals surface area contributed by atoms with Gasteiger partial charge in [0.15, 0.2) is 0 Å². The highest BCUT2D eigenvalue weighted by Gasteiger charge is 2.41. The Kier molecular flexibility index (Phi) is 4.22. The molecule has 122 valence electrons. The Balaban J connectivity index is 1.76. The summed E-state index contributed by atoms with van der Waals surface area (Å²) in [5.41, 5.74) is 3.72. The lowest BCUT2D eigenvalue weighted by Crippen LogP contribution is -2.59. The van der Waals surface area contributed by atoms with E-state index in [4.69, 9.17) is 4.74 Å². The lowest BCUT2D eigenvalue weighted by molar-refractivity contribution is -0.133. The number of rotatable bonds is 5. The van der Waals surface area contributed by atoms with E-state index in [1.807, 2.05) is 48.9 Å². The van der Waals surface area contributed by atoms with Gasteiger partial charge in [-0.2, -0.15) is 5.10 Å². The second-order valence-electron chi connectivity index (χ2n) is 6.13. The van der Waals surface area contributed by atoms with Crippen LogP contribution in [0, 0.1) is 13.8 Å². The molecule has 0 unspecified atom stereocenters. The molecule has 0 bridgehead atoms. The number of aryl methyl sites for hydroxylation is 2. The van der Waals surface area contributed by atoms with Crippen molar-refractivity contribution in [3.63, 3.8) is 0 Å². The zero-order chi connectivity index (χ0) is 16.4. The molecule has 1 aliphatic heterocycles. The molecular weight excluding hydrogens is 290 g/mol. The first-order chi connectivity index (χ1) is 11.1. The molecule has 0 aliphatic carbocycles. The number of nitrogens with zero attached hydrogens (tertiary/aromatic N) is 2. The van der Waals surface area contributed by atoms with E-state index in [-0.39, 0.29) is 11.4 Å². The zero-order valence-corrected chi connectivity index (χ0v) is 13.9. The van der Waals surface area contributed by atoms with Crippen molar-refractivity contribution in [2.75, 3.05) is 13.2 Å². The lowest BCUT2D eigenvalue weighted by atomic mass is 9.87. The van der Waals surface area contributed by atoms with E-state index in [0.717, 1.165) is 29.1 Å². The van der Waals surface area contributed by atoms with E-state index in [1.165, 1.54) is 0 Å². The first-order valence-electron chi connectivity index (χ1n) is 8.03. The number of hydrogen-bond acceptors (Lipinski definition) is 3. The SMILES string of the molecule is CCn1nc(C)c(CC(=O)NC2(c3ccccc3)COC2)c1C. The van der Waals surface area contributed by atoms with E-state index in [9.17, 15) is 4.79 Å². The predicted molar refractivity (Wildman–Crippen MR) is 88.2 cm³/mol. The Morgan fingerprint density at radius 3 is 2.52 bits per heavy atom. The first kappa shape index (κ1) is 15.7. The van der Waals surface area contributed by atoms with Crippen LogP contribution in [0.4, 0.5) is 0 Å². The normalized spacial score (nSPS) is 16.0. The van der Waals surface area contributed by atoms with Crippen LogP contribution in [0.1, 0.15) is 29.4 Å². The molecular formula is C18H23N3O2. The van der Waals surface area contributed by atoms with Crippen molar-refractivity contribution in [2.24, 2.45) is 0 Å². The van der Waals surface area contributed by atoms with Gasteiger partial charge in [0, 0.05) is 17.8 Å². The van der Waals surface area contributed by atoms with Crippen LogP contribution < -0.4 is 5.32 Å². The van der Waals surface area contributed by atoms with Gasteiger partial charge in [0.25, 0.3) is 0 Å². The van der Waals surface area contributed by atoms with Crippen molar-refractivity contribution in [2.45, 2.75) is 39.3 Å². The fraction of sp³-hybridized carbons (Fsp3) is 0.444. The first-order valence-corrected chi connectivity index (χ1v) is 8.03. The highest BCUT2D eigenvalue weighted by molar-refractivity contribution is 5.80. The predicted octanol–water partition coefficient (Wildman–Crippen LogP) is 2.10. The quantitative estimate of drug-likeness (QED) is 0.920. The van der Waals surface area contributed by atoms with Crippen molar-refractivity contribution in [1.82, 2.24) is 15.1 Å². The summed E-state index contributed by atoms with van der Waals surface area (Å²) in [7, 11) is 0. The summed E-state index contributed by atoms with van der Waals surface area (Å²) >= 11 is 0. The molecule has 0 spiro atoms.